The zero-order valence-corrected chi connectivity index (χ0v) is 13.3. The molecule has 1 atom stereocenters. The van der Waals surface area contributed by atoms with Crippen molar-refractivity contribution in [1.29, 1.82) is 0 Å². The fourth-order valence-electron chi connectivity index (χ4n) is 2.54. The number of hydrogen-bond acceptors (Lipinski definition) is 4. The van der Waals surface area contributed by atoms with E-state index in [0.717, 1.165) is 25.0 Å². The van der Waals surface area contributed by atoms with Crippen molar-refractivity contribution in [1.82, 2.24) is 10.6 Å². The van der Waals surface area contributed by atoms with Gasteiger partial charge in [0.2, 0.25) is 0 Å². The Hall–Kier alpha value is -1.49. The lowest BCUT2D eigenvalue weighted by Crippen LogP contribution is -2.55. The normalized spacial score (nSPS) is 23.2. The number of hydrogen-bond donors (Lipinski definition) is 2. The van der Waals surface area contributed by atoms with Crippen LogP contribution < -0.4 is 10.6 Å². The Balaban J connectivity index is 1.62. The third-order valence-corrected chi connectivity index (χ3v) is 3.47. The summed E-state index contributed by atoms with van der Waals surface area (Å²) in [6.07, 6.45) is 4.15. The predicted octanol–water partition coefficient (Wildman–Crippen LogP) is 2.86. The van der Waals surface area contributed by atoms with Gasteiger partial charge in [0.15, 0.2) is 0 Å². The molecule has 5 heteroatoms. The molecule has 118 valence electrons. The van der Waals surface area contributed by atoms with Crippen molar-refractivity contribution in [3.63, 3.8) is 0 Å². The van der Waals surface area contributed by atoms with Crippen LogP contribution in [-0.4, -0.2) is 29.8 Å². The molecule has 0 bridgehead atoms. The average Bonchev–Trinajstić information content (AvgIpc) is 2.76. The average molecular weight is 294 g/mol. The monoisotopic (exact) mass is 294 g/mol. The van der Waals surface area contributed by atoms with Crippen LogP contribution in [0.2, 0.25) is 0 Å². The van der Waals surface area contributed by atoms with Gasteiger partial charge in [-0.3, -0.25) is 0 Å². The summed E-state index contributed by atoms with van der Waals surface area (Å²) in [5.74, 6) is 0.998. The molecule has 0 spiro atoms. The standard InChI is InChI=1S/C16H26N2O3/c1-11(8-14-6-5-7-20-14)17-12-9-13(10-12)18-15(19)21-16(2,3)4/h5-7,11-13,17H,8-10H2,1-4H3,(H,18,19). The van der Waals surface area contributed by atoms with Crippen LogP contribution in [0.1, 0.15) is 46.3 Å². The van der Waals surface area contributed by atoms with E-state index in [0.29, 0.717) is 12.1 Å². The van der Waals surface area contributed by atoms with Gasteiger partial charge in [-0.2, -0.15) is 0 Å². The summed E-state index contributed by atoms with van der Waals surface area (Å²) in [6, 6.07) is 4.93. The maximum absolute atomic E-state index is 11.6. The van der Waals surface area contributed by atoms with Crippen LogP contribution in [0.3, 0.4) is 0 Å². The minimum atomic E-state index is -0.441. The SMILES string of the molecule is CC(Cc1ccco1)NC1CC(NC(=O)OC(C)(C)C)C1. The van der Waals surface area contributed by atoms with Gasteiger partial charge in [-0.15, -0.1) is 0 Å². The van der Waals surface area contributed by atoms with E-state index in [1.807, 2.05) is 32.9 Å². The molecule has 1 heterocycles. The van der Waals surface area contributed by atoms with Gasteiger partial charge in [0.25, 0.3) is 0 Å². The predicted molar refractivity (Wildman–Crippen MR) is 81.2 cm³/mol. The summed E-state index contributed by atoms with van der Waals surface area (Å²) >= 11 is 0. The molecule has 1 aliphatic carbocycles. The summed E-state index contributed by atoms with van der Waals surface area (Å²) in [5, 5.41) is 6.46. The number of furan rings is 1. The van der Waals surface area contributed by atoms with Crippen molar-refractivity contribution >= 4 is 6.09 Å². The maximum Gasteiger partial charge on any atom is 0.407 e. The highest BCUT2D eigenvalue weighted by Gasteiger charge is 2.32. The number of rotatable bonds is 5. The van der Waals surface area contributed by atoms with Gasteiger partial charge in [0, 0.05) is 24.5 Å². The van der Waals surface area contributed by atoms with E-state index in [1.54, 1.807) is 6.26 Å². The van der Waals surface area contributed by atoms with E-state index < -0.39 is 5.60 Å². The third-order valence-electron chi connectivity index (χ3n) is 3.47. The van der Waals surface area contributed by atoms with Gasteiger partial charge in [-0.25, -0.2) is 4.79 Å². The number of nitrogens with one attached hydrogen (secondary N) is 2. The van der Waals surface area contributed by atoms with E-state index >= 15 is 0 Å². The molecule has 0 saturated heterocycles. The molecule has 1 amide bonds. The number of ether oxygens (including phenoxy) is 1. The molecule has 1 aromatic rings. The third kappa shape index (κ3) is 5.42. The minimum absolute atomic E-state index is 0.216. The van der Waals surface area contributed by atoms with Crippen LogP contribution in [0.15, 0.2) is 22.8 Å². The molecule has 1 unspecified atom stereocenters. The highest BCUT2D eigenvalue weighted by atomic mass is 16.6. The summed E-state index contributed by atoms with van der Waals surface area (Å²) in [4.78, 5) is 11.6. The molecule has 0 aliphatic heterocycles. The molecule has 21 heavy (non-hydrogen) atoms. The number of carbonyl (C=O) groups is 1. The van der Waals surface area contributed by atoms with Crippen LogP contribution in [0, 0.1) is 0 Å². The number of carbonyl (C=O) groups excluding carboxylic acids is 1. The zero-order chi connectivity index (χ0) is 15.5. The first kappa shape index (κ1) is 15.9. The zero-order valence-electron chi connectivity index (χ0n) is 13.3. The second-order valence-electron chi connectivity index (χ2n) is 6.86. The van der Waals surface area contributed by atoms with E-state index in [2.05, 4.69) is 17.6 Å². The Morgan fingerprint density at radius 2 is 2.14 bits per heavy atom. The van der Waals surface area contributed by atoms with Crippen LogP contribution in [0.4, 0.5) is 4.79 Å². The smallest absolute Gasteiger partial charge is 0.407 e. The van der Waals surface area contributed by atoms with Crippen molar-refractivity contribution in [2.24, 2.45) is 0 Å². The lowest BCUT2D eigenvalue weighted by atomic mass is 9.86. The summed E-state index contributed by atoms with van der Waals surface area (Å²) < 4.78 is 10.6. The molecular weight excluding hydrogens is 268 g/mol. The van der Waals surface area contributed by atoms with E-state index in [4.69, 9.17) is 9.15 Å². The summed E-state index contributed by atoms with van der Waals surface area (Å²) in [5.41, 5.74) is -0.441. The molecule has 0 radical (unpaired) electrons. The molecule has 1 fully saturated rings. The van der Waals surface area contributed by atoms with Gasteiger partial charge in [0.05, 0.1) is 6.26 Å². The lowest BCUT2D eigenvalue weighted by Gasteiger charge is -2.38. The van der Waals surface area contributed by atoms with Crippen molar-refractivity contribution in [2.45, 2.75) is 70.7 Å². The van der Waals surface area contributed by atoms with E-state index in [1.165, 1.54) is 0 Å². The highest BCUT2D eigenvalue weighted by molar-refractivity contribution is 5.68. The molecule has 5 nitrogen and oxygen atoms in total. The van der Waals surface area contributed by atoms with Crippen LogP contribution in [0.25, 0.3) is 0 Å². The Kier molecular flexibility index (Phi) is 4.93. The highest BCUT2D eigenvalue weighted by Crippen LogP contribution is 2.21. The van der Waals surface area contributed by atoms with Gasteiger partial charge in [0.1, 0.15) is 11.4 Å². The van der Waals surface area contributed by atoms with Gasteiger partial charge < -0.3 is 19.8 Å². The fourth-order valence-corrected chi connectivity index (χ4v) is 2.54. The molecule has 1 aliphatic rings. The molecule has 1 saturated carbocycles. The summed E-state index contributed by atoms with van der Waals surface area (Å²) in [7, 11) is 0. The molecule has 1 aromatic heterocycles. The fraction of sp³-hybridized carbons (Fsp3) is 0.688. The van der Waals surface area contributed by atoms with Crippen LogP contribution in [0.5, 0.6) is 0 Å². The van der Waals surface area contributed by atoms with Crippen LogP contribution >= 0.6 is 0 Å². The molecular formula is C16H26N2O3. The van der Waals surface area contributed by atoms with Crippen molar-refractivity contribution < 1.29 is 13.9 Å². The second kappa shape index (κ2) is 6.52. The number of amides is 1. The first-order chi connectivity index (χ1) is 9.82. The topological polar surface area (TPSA) is 63.5 Å². The Labute approximate surface area is 126 Å². The Morgan fingerprint density at radius 3 is 2.71 bits per heavy atom. The first-order valence-corrected chi connectivity index (χ1v) is 7.60. The summed E-state index contributed by atoms with van der Waals surface area (Å²) in [6.45, 7) is 7.76. The quantitative estimate of drug-likeness (QED) is 0.876. The first-order valence-electron chi connectivity index (χ1n) is 7.60. The van der Waals surface area contributed by atoms with Crippen LogP contribution in [-0.2, 0) is 11.2 Å². The largest absolute Gasteiger partial charge is 0.469 e. The number of alkyl carbamates (subject to hydrolysis) is 1. The molecule has 2 N–H and O–H groups in total. The van der Waals surface area contributed by atoms with Gasteiger partial charge in [-0.05, 0) is 52.7 Å². The maximum atomic E-state index is 11.6. The van der Waals surface area contributed by atoms with E-state index in [9.17, 15) is 4.79 Å². The molecule has 2 rings (SSSR count). The second-order valence-corrected chi connectivity index (χ2v) is 6.86. The van der Waals surface area contributed by atoms with Crippen molar-refractivity contribution in [3.05, 3.63) is 24.2 Å². The lowest BCUT2D eigenvalue weighted by molar-refractivity contribution is 0.0463. The van der Waals surface area contributed by atoms with Gasteiger partial charge >= 0.3 is 6.09 Å². The van der Waals surface area contributed by atoms with E-state index in [-0.39, 0.29) is 12.1 Å². The minimum Gasteiger partial charge on any atom is -0.469 e. The van der Waals surface area contributed by atoms with Gasteiger partial charge in [-0.1, -0.05) is 0 Å². The Morgan fingerprint density at radius 1 is 1.43 bits per heavy atom. The van der Waals surface area contributed by atoms with Crippen molar-refractivity contribution in [3.8, 4) is 0 Å². The Bertz CT molecular complexity index is 445. The molecule has 0 aromatic carbocycles. The van der Waals surface area contributed by atoms with Crippen molar-refractivity contribution in [2.75, 3.05) is 0 Å².